The predicted molar refractivity (Wildman–Crippen MR) is 177 cm³/mol. The smallest absolute Gasteiger partial charge is 0.264 e. The number of halogens is 3. The van der Waals surface area contributed by atoms with Gasteiger partial charge < -0.3 is 10.2 Å². The van der Waals surface area contributed by atoms with Crippen LogP contribution in [0.3, 0.4) is 0 Å². The molecule has 1 N–H and O–H groups in total. The van der Waals surface area contributed by atoms with Crippen LogP contribution in [-0.4, -0.2) is 44.3 Å². The molecule has 230 valence electrons. The fourth-order valence-corrected chi connectivity index (χ4v) is 6.78. The molecule has 0 aliphatic heterocycles. The number of amides is 2. The number of carbonyl (C=O) groups is 2. The third-order valence-electron chi connectivity index (χ3n) is 6.87. The molecular weight excluding hydrogens is 641 g/mol. The SMILES string of the molecule is CCCNC(=O)[C@H](Cc1ccccc1)N(Cc1cccc(Cl)c1)C(=O)CN(c1cccc(Cl)c1Cl)S(=O)(=O)c1ccccc1. The quantitative estimate of drug-likeness (QED) is 0.166. The Labute approximate surface area is 273 Å². The fraction of sp³-hybridized carbons (Fsp3) is 0.212. The first kappa shape index (κ1) is 33.3. The van der Waals surface area contributed by atoms with Crippen molar-refractivity contribution < 1.29 is 18.0 Å². The van der Waals surface area contributed by atoms with Crippen LogP contribution in [0.5, 0.6) is 0 Å². The van der Waals surface area contributed by atoms with Crippen LogP contribution in [0.4, 0.5) is 5.69 Å². The number of hydrogen-bond donors (Lipinski definition) is 1. The largest absolute Gasteiger partial charge is 0.354 e. The molecule has 0 saturated heterocycles. The molecule has 0 spiro atoms. The van der Waals surface area contributed by atoms with Crippen molar-refractivity contribution in [1.29, 1.82) is 0 Å². The van der Waals surface area contributed by atoms with Gasteiger partial charge >= 0.3 is 0 Å². The summed E-state index contributed by atoms with van der Waals surface area (Å²) in [5.41, 5.74) is 1.54. The van der Waals surface area contributed by atoms with Gasteiger partial charge in [0, 0.05) is 24.5 Å². The molecular formula is C33H32Cl3N3O4S. The molecule has 0 saturated carbocycles. The number of sulfonamides is 1. The van der Waals surface area contributed by atoms with Gasteiger partial charge in [-0.05, 0) is 53.9 Å². The lowest BCUT2D eigenvalue weighted by atomic mass is 10.0. The van der Waals surface area contributed by atoms with E-state index in [0.29, 0.717) is 23.6 Å². The number of benzene rings is 4. The topological polar surface area (TPSA) is 86.8 Å². The average molecular weight is 673 g/mol. The maximum atomic E-state index is 14.4. The molecule has 11 heteroatoms. The molecule has 0 unspecified atom stereocenters. The third kappa shape index (κ3) is 8.33. The maximum absolute atomic E-state index is 14.4. The number of nitrogens with one attached hydrogen (secondary N) is 1. The zero-order valence-corrected chi connectivity index (χ0v) is 27.1. The normalized spacial score (nSPS) is 11.9. The Morgan fingerprint density at radius 3 is 2.11 bits per heavy atom. The standard InChI is InChI=1S/C33H32Cl3N3O4S/c1-2-19-37-33(41)30(21-24-11-5-3-6-12-24)38(22-25-13-9-14-26(34)20-25)31(40)23-39(29-18-10-17-28(35)32(29)36)44(42,43)27-15-7-4-8-16-27/h3-18,20,30H,2,19,21-23H2,1H3,(H,37,41)/t30-/m0/s1. The van der Waals surface area contributed by atoms with Crippen LogP contribution in [0.15, 0.2) is 108 Å². The van der Waals surface area contributed by atoms with E-state index in [1.165, 1.54) is 29.2 Å². The van der Waals surface area contributed by atoms with Crippen LogP contribution >= 0.6 is 34.8 Å². The minimum atomic E-state index is -4.30. The molecule has 0 aliphatic rings. The van der Waals surface area contributed by atoms with E-state index in [9.17, 15) is 18.0 Å². The van der Waals surface area contributed by atoms with Crippen LogP contribution in [-0.2, 0) is 32.6 Å². The molecule has 0 aromatic heterocycles. The lowest BCUT2D eigenvalue weighted by Gasteiger charge is -2.34. The monoisotopic (exact) mass is 671 g/mol. The van der Waals surface area contributed by atoms with Gasteiger partial charge in [-0.25, -0.2) is 8.42 Å². The van der Waals surface area contributed by atoms with E-state index < -0.39 is 28.5 Å². The summed E-state index contributed by atoms with van der Waals surface area (Å²) in [6.45, 7) is 1.70. The van der Waals surface area contributed by atoms with E-state index in [1.54, 1.807) is 48.5 Å². The second-order valence-electron chi connectivity index (χ2n) is 10.0. The Kier molecular flexibility index (Phi) is 11.7. The molecule has 0 heterocycles. The molecule has 4 rings (SSSR count). The van der Waals surface area contributed by atoms with Crippen LogP contribution in [0.2, 0.25) is 15.1 Å². The van der Waals surface area contributed by atoms with Crippen LogP contribution in [0.1, 0.15) is 24.5 Å². The summed E-state index contributed by atoms with van der Waals surface area (Å²) in [7, 11) is -4.30. The van der Waals surface area contributed by atoms with Crippen molar-refractivity contribution in [2.24, 2.45) is 0 Å². The van der Waals surface area contributed by atoms with Gasteiger partial charge in [0.05, 0.1) is 20.6 Å². The Balaban J connectivity index is 1.82. The summed E-state index contributed by atoms with van der Waals surface area (Å²) in [6.07, 6.45) is 0.897. The molecule has 0 bridgehead atoms. The average Bonchev–Trinajstić information content (AvgIpc) is 3.02. The summed E-state index contributed by atoms with van der Waals surface area (Å²) in [5.74, 6) is -0.975. The van der Waals surface area contributed by atoms with Crippen molar-refractivity contribution in [1.82, 2.24) is 10.2 Å². The van der Waals surface area contributed by atoms with Crippen LogP contribution in [0, 0.1) is 0 Å². The zero-order chi connectivity index (χ0) is 31.7. The van der Waals surface area contributed by atoms with Crippen molar-refractivity contribution in [3.05, 3.63) is 129 Å². The lowest BCUT2D eigenvalue weighted by molar-refractivity contribution is -0.140. The first-order chi connectivity index (χ1) is 21.1. The Morgan fingerprint density at radius 1 is 0.818 bits per heavy atom. The Bertz CT molecular complexity index is 1690. The summed E-state index contributed by atoms with van der Waals surface area (Å²) >= 11 is 19.1. The van der Waals surface area contributed by atoms with Gasteiger partial charge in [0.15, 0.2) is 0 Å². The summed E-state index contributed by atoms with van der Waals surface area (Å²) in [4.78, 5) is 29.5. The third-order valence-corrected chi connectivity index (χ3v) is 9.69. The van der Waals surface area contributed by atoms with Gasteiger partial charge in [-0.15, -0.1) is 0 Å². The molecule has 4 aromatic rings. The highest BCUT2D eigenvalue weighted by molar-refractivity contribution is 7.92. The molecule has 0 radical (unpaired) electrons. The molecule has 44 heavy (non-hydrogen) atoms. The van der Waals surface area contributed by atoms with Crippen molar-refractivity contribution >= 4 is 62.3 Å². The Morgan fingerprint density at radius 2 is 1.45 bits per heavy atom. The molecule has 2 amide bonds. The van der Waals surface area contributed by atoms with Crippen molar-refractivity contribution in [2.45, 2.75) is 37.2 Å². The molecule has 0 aliphatic carbocycles. The van der Waals surface area contributed by atoms with E-state index >= 15 is 0 Å². The first-order valence-electron chi connectivity index (χ1n) is 14.0. The van der Waals surface area contributed by atoms with E-state index in [-0.39, 0.29) is 39.5 Å². The second-order valence-corrected chi connectivity index (χ2v) is 13.1. The van der Waals surface area contributed by atoms with Gasteiger partial charge in [0.2, 0.25) is 11.8 Å². The second kappa shape index (κ2) is 15.4. The molecule has 7 nitrogen and oxygen atoms in total. The fourth-order valence-electron chi connectivity index (χ4n) is 4.67. The molecule has 1 atom stereocenters. The maximum Gasteiger partial charge on any atom is 0.264 e. The molecule has 4 aromatic carbocycles. The summed E-state index contributed by atoms with van der Waals surface area (Å²) < 4.78 is 29.0. The highest BCUT2D eigenvalue weighted by Gasteiger charge is 2.35. The van der Waals surface area contributed by atoms with Crippen molar-refractivity contribution in [2.75, 3.05) is 17.4 Å². The molecule has 0 fully saturated rings. The van der Waals surface area contributed by atoms with Crippen LogP contribution in [0.25, 0.3) is 0 Å². The first-order valence-corrected chi connectivity index (χ1v) is 16.6. The number of anilines is 1. The van der Waals surface area contributed by atoms with Crippen molar-refractivity contribution in [3.63, 3.8) is 0 Å². The predicted octanol–water partition coefficient (Wildman–Crippen LogP) is 7.01. The summed E-state index contributed by atoms with van der Waals surface area (Å²) in [6, 6.07) is 27.6. The van der Waals surface area contributed by atoms with E-state index in [4.69, 9.17) is 34.8 Å². The van der Waals surface area contributed by atoms with Gasteiger partial charge in [0.25, 0.3) is 10.0 Å². The van der Waals surface area contributed by atoms with Gasteiger partial charge in [-0.1, -0.05) is 108 Å². The number of nitrogens with zero attached hydrogens (tertiary/aromatic N) is 2. The highest BCUT2D eigenvalue weighted by atomic mass is 35.5. The van der Waals surface area contributed by atoms with Crippen LogP contribution < -0.4 is 9.62 Å². The van der Waals surface area contributed by atoms with Gasteiger partial charge in [-0.2, -0.15) is 0 Å². The zero-order valence-electron chi connectivity index (χ0n) is 24.0. The van der Waals surface area contributed by atoms with E-state index in [1.807, 2.05) is 37.3 Å². The number of carbonyl (C=O) groups excluding carboxylic acids is 2. The number of hydrogen-bond acceptors (Lipinski definition) is 4. The Hall–Kier alpha value is -3.56. The lowest BCUT2D eigenvalue weighted by Crippen LogP contribution is -2.53. The summed E-state index contributed by atoms with van der Waals surface area (Å²) in [5, 5.41) is 3.48. The van der Waals surface area contributed by atoms with E-state index in [2.05, 4.69) is 5.32 Å². The van der Waals surface area contributed by atoms with Gasteiger partial charge in [-0.3, -0.25) is 13.9 Å². The van der Waals surface area contributed by atoms with Gasteiger partial charge in [0.1, 0.15) is 12.6 Å². The van der Waals surface area contributed by atoms with E-state index in [0.717, 1.165) is 9.87 Å². The minimum absolute atomic E-state index is 0.00105. The van der Waals surface area contributed by atoms with Crippen molar-refractivity contribution in [3.8, 4) is 0 Å². The number of rotatable bonds is 13. The highest BCUT2D eigenvalue weighted by Crippen LogP contribution is 2.35. The minimum Gasteiger partial charge on any atom is -0.354 e.